The number of nitrogens with one attached hydrogen (secondary N) is 1. The van der Waals surface area contributed by atoms with Crippen LogP contribution in [0.3, 0.4) is 0 Å². The van der Waals surface area contributed by atoms with Crippen LogP contribution in [0.15, 0.2) is 32.9 Å². The molecule has 0 saturated heterocycles. The van der Waals surface area contributed by atoms with E-state index in [1.54, 1.807) is 0 Å². The van der Waals surface area contributed by atoms with Crippen molar-refractivity contribution < 1.29 is 26.7 Å². The lowest BCUT2D eigenvalue weighted by Crippen LogP contribution is -2.16. The molecule has 2 rings (SSSR count). The van der Waals surface area contributed by atoms with Gasteiger partial charge in [-0.1, -0.05) is 0 Å². The molecular weight excluding hydrogens is 404 g/mol. The topological polar surface area (TPSA) is 72.5 Å². The van der Waals surface area contributed by atoms with E-state index in [4.69, 9.17) is 0 Å². The number of methoxy groups -OCH3 is 1. The maximum Gasteiger partial charge on any atom is 0.340 e. The van der Waals surface area contributed by atoms with E-state index in [2.05, 4.69) is 25.4 Å². The van der Waals surface area contributed by atoms with Gasteiger partial charge in [0.1, 0.15) is 21.5 Å². The van der Waals surface area contributed by atoms with Gasteiger partial charge in [-0.25, -0.2) is 22.0 Å². The lowest BCUT2D eigenvalue weighted by molar-refractivity contribution is 0.0602. The average molecular weight is 412 g/mol. The summed E-state index contributed by atoms with van der Waals surface area (Å²) in [6.07, 6.45) is 0. The van der Waals surface area contributed by atoms with Crippen LogP contribution >= 0.6 is 27.3 Å². The number of benzene rings is 1. The number of hydrogen-bond donors (Lipinski definition) is 1. The van der Waals surface area contributed by atoms with Crippen LogP contribution in [-0.2, 0) is 14.8 Å². The van der Waals surface area contributed by atoms with E-state index in [1.807, 2.05) is 0 Å². The first-order valence-electron chi connectivity index (χ1n) is 5.59. The van der Waals surface area contributed by atoms with Crippen LogP contribution in [0.4, 0.5) is 13.8 Å². The van der Waals surface area contributed by atoms with Gasteiger partial charge in [-0.3, -0.25) is 4.72 Å². The van der Waals surface area contributed by atoms with Gasteiger partial charge < -0.3 is 4.74 Å². The second-order valence-corrected chi connectivity index (χ2v) is 7.38. The van der Waals surface area contributed by atoms with Gasteiger partial charge in [0.05, 0.1) is 17.1 Å². The summed E-state index contributed by atoms with van der Waals surface area (Å²) < 4.78 is 57.9. The normalized spacial score (nSPS) is 11.3. The molecule has 10 heteroatoms. The highest BCUT2D eigenvalue weighted by Crippen LogP contribution is 2.29. The Balaban J connectivity index is 2.43. The highest BCUT2D eigenvalue weighted by molar-refractivity contribution is 9.10. The first kappa shape index (κ1) is 16.8. The number of thiophene rings is 1. The molecule has 0 saturated carbocycles. The minimum Gasteiger partial charge on any atom is -0.465 e. The van der Waals surface area contributed by atoms with Crippen LogP contribution in [-0.4, -0.2) is 21.5 Å². The van der Waals surface area contributed by atoms with E-state index in [9.17, 15) is 22.0 Å². The molecule has 0 aliphatic heterocycles. The predicted molar refractivity (Wildman–Crippen MR) is 80.5 cm³/mol. The molecule has 0 aliphatic rings. The fourth-order valence-electron chi connectivity index (χ4n) is 1.55. The van der Waals surface area contributed by atoms with Crippen molar-refractivity contribution >= 4 is 48.3 Å². The number of halogens is 3. The predicted octanol–water partition coefficient (Wildman–Crippen LogP) is 3.38. The second-order valence-electron chi connectivity index (χ2n) is 3.96. The van der Waals surface area contributed by atoms with Crippen LogP contribution in [0.1, 0.15) is 10.4 Å². The van der Waals surface area contributed by atoms with E-state index in [0.717, 1.165) is 18.4 Å². The highest BCUT2D eigenvalue weighted by Gasteiger charge is 2.24. The van der Waals surface area contributed by atoms with Gasteiger partial charge in [-0.05, 0) is 39.5 Å². The lowest BCUT2D eigenvalue weighted by atomic mass is 10.3. The fraction of sp³-hybridized carbons (Fsp3) is 0.0833. The van der Waals surface area contributed by atoms with E-state index >= 15 is 0 Å². The maximum atomic E-state index is 13.8. The molecule has 0 atom stereocenters. The summed E-state index contributed by atoms with van der Waals surface area (Å²) in [7, 11) is -3.26. The summed E-state index contributed by atoms with van der Waals surface area (Å²) in [6.45, 7) is 0. The number of anilines is 1. The molecule has 0 aliphatic carbocycles. The van der Waals surface area contributed by atoms with Gasteiger partial charge in [0.15, 0.2) is 0 Å². The zero-order chi connectivity index (χ0) is 16.5. The Bertz CT molecular complexity index is 836. The van der Waals surface area contributed by atoms with Gasteiger partial charge in [0.2, 0.25) is 0 Å². The molecule has 22 heavy (non-hydrogen) atoms. The molecule has 1 aromatic heterocycles. The Morgan fingerprint density at radius 2 is 2.00 bits per heavy atom. The first-order valence-corrected chi connectivity index (χ1v) is 8.75. The molecule has 0 unspecified atom stereocenters. The molecule has 1 aromatic carbocycles. The van der Waals surface area contributed by atoms with Crippen LogP contribution in [0.2, 0.25) is 0 Å². The molecule has 0 spiro atoms. The van der Waals surface area contributed by atoms with Crippen molar-refractivity contribution in [2.24, 2.45) is 0 Å². The molecule has 2 aromatic rings. The van der Waals surface area contributed by atoms with Crippen molar-refractivity contribution in [3.05, 3.63) is 45.2 Å². The monoisotopic (exact) mass is 411 g/mol. The first-order chi connectivity index (χ1) is 10.3. The minimum atomic E-state index is -4.40. The molecule has 1 N–H and O–H groups in total. The average Bonchev–Trinajstić information content (AvgIpc) is 2.89. The fourth-order valence-corrected chi connectivity index (χ4v) is 4.04. The number of esters is 1. The van der Waals surface area contributed by atoms with E-state index < -0.39 is 32.5 Å². The van der Waals surface area contributed by atoms with E-state index in [1.165, 1.54) is 11.4 Å². The smallest absolute Gasteiger partial charge is 0.340 e. The molecular formula is C12H8BrF2NO4S2. The molecule has 5 nitrogen and oxygen atoms in total. The zero-order valence-corrected chi connectivity index (χ0v) is 14.1. The summed E-state index contributed by atoms with van der Waals surface area (Å²) in [6, 6.07) is 2.61. The number of hydrogen-bond acceptors (Lipinski definition) is 5. The van der Waals surface area contributed by atoms with Crippen molar-refractivity contribution in [2.75, 3.05) is 11.8 Å². The Labute approximate surface area is 137 Å². The van der Waals surface area contributed by atoms with Gasteiger partial charge in [-0.15, -0.1) is 11.3 Å². The number of carbonyl (C=O) groups excluding carboxylic acids is 1. The van der Waals surface area contributed by atoms with Crippen molar-refractivity contribution in [1.29, 1.82) is 0 Å². The summed E-state index contributed by atoms with van der Waals surface area (Å²) >= 11 is 3.67. The maximum absolute atomic E-state index is 13.8. The van der Waals surface area contributed by atoms with Gasteiger partial charge in [0, 0.05) is 0 Å². The number of carbonyl (C=O) groups is 1. The second kappa shape index (κ2) is 6.31. The van der Waals surface area contributed by atoms with Crippen molar-refractivity contribution in [3.63, 3.8) is 0 Å². The summed E-state index contributed by atoms with van der Waals surface area (Å²) in [4.78, 5) is 10.6. The van der Waals surface area contributed by atoms with Crippen LogP contribution in [0.5, 0.6) is 0 Å². The van der Waals surface area contributed by atoms with E-state index in [0.29, 0.717) is 12.1 Å². The Morgan fingerprint density at radius 3 is 2.64 bits per heavy atom. The zero-order valence-electron chi connectivity index (χ0n) is 10.9. The van der Waals surface area contributed by atoms with Crippen LogP contribution < -0.4 is 4.72 Å². The third kappa shape index (κ3) is 3.28. The Hall–Kier alpha value is -1.52. The number of sulfonamides is 1. The summed E-state index contributed by atoms with van der Waals surface area (Å²) in [5.41, 5.74) is -0.0194. The van der Waals surface area contributed by atoms with Crippen molar-refractivity contribution in [3.8, 4) is 0 Å². The molecule has 118 valence electrons. The summed E-state index contributed by atoms with van der Waals surface area (Å²) in [5.74, 6) is -2.81. The van der Waals surface area contributed by atoms with Crippen LogP contribution in [0, 0.1) is 11.6 Å². The molecule has 0 bridgehead atoms. The Kier molecular flexibility index (Phi) is 4.83. The molecule has 1 heterocycles. The van der Waals surface area contributed by atoms with Crippen molar-refractivity contribution in [2.45, 2.75) is 4.90 Å². The standard InChI is InChI=1S/C12H8BrF2NO4S2/c1-20-12(17)6-2-3-21-11(6)16-22(18,19)10-5-8(14)7(13)4-9(10)15/h2-5,16H,1H3. The lowest BCUT2D eigenvalue weighted by Gasteiger charge is -2.09. The molecule has 0 amide bonds. The van der Waals surface area contributed by atoms with Gasteiger partial charge >= 0.3 is 5.97 Å². The highest BCUT2D eigenvalue weighted by atomic mass is 79.9. The molecule has 0 radical (unpaired) electrons. The number of ether oxygens (including phenoxy) is 1. The third-order valence-electron chi connectivity index (χ3n) is 2.56. The van der Waals surface area contributed by atoms with Crippen molar-refractivity contribution in [1.82, 2.24) is 0 Å². The Morgan fingerprint density at radius 1 is 1.32 bits per heavy atom. The minimum absolute atomic E-state index is 0.0194. The number of rotatable bonds is 4. The van der Waals surface area contributed by atoms with Gasteiger partial charge in [0.25, 0.3) is 10.0 Å². The van der Waals surface area contributed by atoms with Gasteiger partial charge in [-0.2, -0.15) is 0 Å². The van der Waals surface area contributed by atoms with Crippen LogP contribution in [0.25, 0.3) is 0 Å². The molecule has 0 fully saturated rings. The summed E-state index contributed by atoms with van der Waals surface area (Å²) in [5, 5.41) is 1.41. The SMILES string of the molecule is COC(=O)c1ccsc1NS(=O)(=O)c1cc(F)c(Br)cc1F. The third-order valence-corrected chi connectivity index (χ3v) is 5.49. The largest absolute Gasteiger partial charge is 0.465 e. The quantitative estimate of drug-likeness (QED) is 0.618. The van der Waals surface area contributed by atoms with E-state index in [-0.39, 0.29) is 15.0 Å².